The number of sulfonamides is 1. The molecule has 0 saturated carbocycles. The van der Waals surface area contributed by atoms with E-state index in [4.69, 9.17) is 9.47 Å². The summed E-state index contributed by atoms with van der Waals surface area (Å²) in [5.41, 5.74) is 2.23. The van der Waals surface area contributed by atoms with Crippen molar-refractivity contribution in [1.82, 2.24) is 9.62 Å². The van der Waals surface area contributed by atoms with Crippen molar-refractivity contribution in [2.24, 2.45) is 5.92 Å². The van der Waals surface area contributed by atoms with E-state index in [0.717, 1.165) is 5.56 Å². The van der Waals surface area contributed by atoms with Gasteiger partial charge >= 0.3 is 0 Å². The normalized spacial score (nSPS) is 17.5. The van der Waals surface area contributed by atoms with Crippen molar-refractivity contribution in [2.45, 2.75) is 31.2 Å². The molecule has 160 valence electrons. The summed E-state index contributed by atoms with van der Waals surface area (Å²) in [6.07, 6.45) is 1.01. The summed E-state index contributed by atoms with van der Waals surface area (Å²) in [6.45, 7) is 4.00. The van der Waals surface area contributed by atoms with Crippen LogP contribution < -0.4 is 14.8 Å². The molecule has 7 nitrogen and oxygen atoms in total. The number of rotatable bonds is 5. The van der Waals surface area contributed by atoms with Crippen LogP contribution in [0.2, 0.25) is 0 Å². The van der Waals surface area contributed by atoms with Crippen molar-refractivity contribution in [3.05, 3.63) is 53.6 Å². The molecule has 1 amide bonds. The van der Waals surface area contributed by atoms with Gasteiger partial charge in [0.25, 0.3) is 0 Å². The quantitative estimate of drug-likeness (QED) is 0.788. The van der Waals surface area contributed by atoms with E-state index < -0.39 is 10.0 Å². The Balaban J connectivity index is 1.34. The third-order valence-electron chi connectivity index (χ3n) is 5.56. The highest BCUT2D eigenvalue weighted by Gasteiger charge is 2.32. The lowest BCUT2D eigenvalue weighted by Crippen LogP contribution is -2.42. The Labute approximate surface area is 177 Å². The lowest BCUT2D eigenvalue weighted by molar-refractivity contribution is -0.126. The van der Waals surface area contributed by atoms with E-state index in [1.54, 1.807) is 12.1 Å². The van der Waals surface area contributed by atoms with E-state index >= 15 is 0 Å². The molecule has 2 aliphatic heterocycles. The van der Waals surface area contributed by atoms with Gasteiger partial charge in [-0.1, -0.05) is 29.8 Å². The molecule has 4 rings (SSSR count). The second-order valence-electron chi connectivity index (χ2n) is 7.69. The van der Waals surface area contributed by atoms with Crippen LogP contribution in [0.15, 0.2) is 47.4 Å². The lowest BCUT2D eigenvalue weighted by Gasteiger charge is -2.31. The summed E-state index contributed by atoms with van der Waals surface area (Å²) in [5.74, 6) is 0.811. The number of amides is 1. The second kappa shape index (κ2) is 8.65. The average molecular weight is 431 g/mol. The van der Waals surface area contributed by atoms with Gasteiger partial charge in [-0.05, 0) is 37.5 Å². The Kier molecular flexibility index (Phi) is 5.97. The highest BCUT2D eigenvalue weighted by atomic mass is 32.2. The molecule has 1 fully saturated rings. The molecule has 0 bridgehead atoms. The van der Waals surface area contributed by atoms with Crippen molar-refractivity contribution >= 4 is 15.9 Å². The number of nitrogens with one attached hydrogen (secondary N) is 1. The van der Waals surface area contributed by atoms with Crippen molar-refractivity contribution < 1.29 is 22.7 Å². The fraction of sp³-hybridized carbons (Fsp3) is 0.409. The molecule has 0 aromatic heterocycles. The smallest absolute Gasteiger partial charge is 0.243 e. The SMILES string of the molecule is Cc1ccc(CNC(=O)C2CCN(S(=O)(=O)c3ccc4c(c3)OCCO4)CC2)cc1. The van der Waals surface area contributed by atoms with Crippen LogP contribution in [0.3, 0.4) is 0 Å². The van der Waals surface area contributed by atoms with E-state index in [1.165, 1.54) is 15.9 Å². The summed E-state index contributed by atoms with van der Waals surface area (Å²) in [6, 6.07) is 12.7. The monoisotopic (exact) mass is 430 g/mol. The molecule has 2 heterocycles. The Bertz CT molecular complexity index is 1010. The number of carbonyl (C=O) groups is 1. The molecule has 0 spiro atoms. The summed E-state index contributed by atoms with van der Waals surface area (Å²) in [5, 5.41) is 2.97. The van der Waals surface area contributed by atoms with Crippen LogP contribution in [0, 0.1) is 12.8 Å². The average Bonchev–Trinajstić information content (AvgIpc) is 2.78. The first-order valence-electron chi connectivity index (χ1n) is 10.2. The number of benzene rings is 2. The van der Waals surface area contributed by atoms with Crippen LogP contribution in [-0.2, 0) is 21.4 Å². The van der Waals surface area contributed by atoms with Crippen molar-refractivity contribution in [3.8, 4) is 11.5 Å². The molecular formula is C22H26N2O5S. The molecule has 0 radical (unpaired) electrons. The predicted molar refractivity (Wildman–Crippen MR) is 112 cm³/mol. The van der Waals surface area contributed by atoms with Gasteiger partial charge in [0, 0.05) is 31.6 Å². The molecule has 30 heavy (non-hydrogen) atoms. The first-order chi connectivity index (χ1) is 14.4. The molecule has 2 aromatic rings. The Hall–Kier alpha value is -2.58. The highest BCUT2D eigenvalue weighted by molar-refractivity contribution is 7.89. The van der Waals surface area contributed by atoms with Gasteiger partial charge < -0.3 is 14.8 Å². The first-order valence-corrected chi connectivity index (χ1v) is 11.6. The standard InChI is InChI=1S/C22H26N2O5S/c1-16-2-4-17(5-3-16)15-23-22(25)18-8-10-24(11-9-18)30(26,27)19-6-7-20-21(14-19)29-13-12-28-20/h2-7,14,18H,8-13,15H2,1H3,(H,23,25). The zero-order valence-corrected chi connectivity index (χ0v) is 17.8. The summed E-state index contributed by atoms with van der Waals surface area (Å²) >= 11 is 0. The van der Waals surface area contributed by atoms with E-state index in [1.807, 2.05) is 31.2 Å². The zero-order valence-electron chi connectivity index (χ0n) is 17.0. The van der Waals surface area contributed by atoms with Crippen molar-refractivity contribution in [1.29, 1.82) is 0 Å². The number of fused-ring (bicyclic) bond motifs is 1. The summed E-state index contributed by atoms with van der Waals surface area (Å²) < 4.78 is 38.4. The molecule has 2 aromatic carbocycles. The van der Waals surface area contributed by atoms with Gasteiger partial charge in [-0.3, -0.25) is 4.79 Å². The highest BCUT2D eigenvalue weighted by Crippen LogP contribution is 2.34. The fourth-order valence-corrected chi connectivity index (χ4v) is 5.22. The van der Waals surface area contributed by atoms with Crippen molar-refractivity contribution in [3.63, 3.8) is 0 Å². The third kappa shape index (κ3) is 4.44. The van der Waals surface area contributed by atoms with Crippen LogP contribution in [0.1, 0.15) is 24.0 Å². The Morgan fingerprint density at radius 3 is 2.40 bits per heavy atom. The van der Waals surface area contributed by atoms with Crippen LogP contribution in [-0.4, -0.2) is 44.9 Å². The maximum absolute atomic E-state index is 13.0. The number of piperidine rings is 1. The molecule has 0 unspecified atom stereocenters. The molecule has 1 N–H and O–H groups in total. The maximum Gasteiger partial charge on any atom is 0.243 e. The van der Waals surface area contributed by atoms with Gasteiger partial charge in [-0.2, -0.15) is 4.31 Å². The molecular weight excluding hydrogens is 404 g/mol. The number of aryl methyl sites for hydroxylation is 1. The summed E-state index contributed by atoms with van der Waals surface area (Å²) in [4.78, 5) is 12.7. The third-order valence-corrected chi connectivity index (χ3v) is 7.46. The van der Waals surface area contributed by atoms with Crippen LogP contribution in [0.4, 0.5) is 0 Å². The summed E-state index contributed by atoms with van der Waals surface area (Å²) in [7, 11) is -3.64. The number of hydrogen-bond acceptors (Lipinski definition) is 5. The lowest BCUT2D eigenvalue weighted by atomic mass is 9.97. The fourth-order valence-electron chi connectivity index (χ4n) is 3.73. The second-order valence-corrected chi connectivity index (χ2v) is 9.63. The zero-order chi connectivity index (χ0) is 21.1. The number of carbonyl (C=O) groups excluding carboxylic acids is 1. The maximum atomic E-state index is 13.0. The van der Waals surface area contributed by atoms with Gasteiger partial charge in [0.15, 0.2) is 11.5 Å². The van der Waals surface area contributed by atoms with Gasteiger partial charge in [-0.15, -0.1) is 0 Å². The van der Waals surface area contributed by atoms with E-state index in [2.05, 4.69) is 5.32 Å². The van der Waals surface area contributed by atoms with Gasteiger partial charge in [-0.25, -0.2) is 8.42 Å². The minimum Gasteiger partial charge on any atom is -0.486 e. The molecule has 0 atom stereocenters. The minimum atomic E-state index is -3.64. The molecule has 1 saturated heterocycles. The van der Waals surface area contributed by atoms with E-state index in [0.29, 0.717) is 57.2 Å². The van der Waals surface area contributed by atoms with Crippen molar-refractivity contribution in [2.75, 3.05) is 26.3 Å². The van der Waals surface area contributed by atoms with E-state index in [9.17, 15) is 13.2 Å². The predicted octanol–water partition coefficient (Wildman–Crippen LogP) is 2.48. The minimum absolute atomic E-state index is 0.0213. The van der Waals surface area contributed by atoms with Gasteiger partial charge in [0.1, 0.15) is 13.2 Å². The molecule has 2 aliphatic rings. The number of hydrogen-bond donors (Lipinski definition) is 1. The Morgan fingerprint density at radius 2 is 1.70 bits per heavy atom. The first kappa shape index (κ1) is 20.7. The van der Waals surface area contributed by atoms with Crippen LogP contribution in [0.5, 0.6) is 11.5 Å². The van der Waals surface area contributed by atoms with Crippen LogP contribution in [0.25, 0.3) is 0 Å². The van der Waals surface area contributed by atoms with Crippen LogP contribution >= 0.6 is 0 Å². The number of nitrogens with zero attached hydrogens (tertiary/aromatic N) is 1. The van der Waals surface area contributed by atoms with Gasteiger partial charge in [0.2, 0.25) is 15.9 Å². The Morgan fingerprint density at radius 1 is 1.03 bits per heavy atom. The molecule has 8 heteroatoms. The van der Waals surface area contributed by atoms with E-state index in [-0.39, 0.29) is 16.7 Å². The topological polar surface area (TPSA) is 84.9 Å². The van der Waals surface area contributed by atoms with Gasteiger partial charge in [0.05, 0.1) is 4.90 Å². The largest absolute Gasteiger partial charge is 0.486 e. The number of ether oxygens (including phenoxy) is 2. The molecule has 0 aliphatic carbocycles.